The number of hydrogen-bond acceptors (Lipinski definition) is 4. The third kappa shape index (κ3) is 3.81. The lowest BCUT2D eigenvalue weighted by atomic mass is 9.51. The first-order valence-electron chi connectivity index (χ1n) is 8.05. The van der Waals surface area contributed by atoms with Gasteiger partial charge in [-0.15, -0.1) is 6.58 Å². The molecule has 2 N–H and O–H groups in total. The summed E-state index contributed by atoms with van der Waals surface area (Å²) in [5.74, 6) is 4.99. The van der Waals surface area contributed by atoms with Crippen LogP contribution in [0.4, 0.5) is 0 Å². The minimum Gasteiger partial charge on any atom is -0.303 e. The maximum atomic E-state index is 9.81. The van der Waals surface area contributed by atoms with E-state index in [1.54, 1.807) is 6.42 Å². The zero-order valence-corrected chi connectivity index (χ0v) is 13.6. The normalized spacial score (nSPS) is 42.3. The second-order valence-electron chi connectivity index (χ2n) is 7.00. The van der Waals surface area contributed by atoms with Gasteiger partial charge in [0, 0.05) is 0 Å². The molecule has 22 heavy (non-hydrogen) atoms. The highest BCUT2D eigenvalue weighted by Crippen LogP contribution is 2.58. The lowest BCUT2D eigenvalue weighted by molar-refractivity contribution is -0.443. The minimum absolute atomic E-state index is 0.121. The monoisotopic (exact) mass is 332 g/mol. The Kier molecular flexibility index (Phi) is 5.07. The fourth-order valence-electron chi connectivity index (χ4n) is 5.05. The fraction of sp³-hybridized carbons (Fsp3) is 0.867. The number of rotatable bonds is 4. The molecule has 1 saturated heterocycles. The van der Waals surface area contributed by atoms with E-state index >= 15 is 0 Å². The first-order valence-corrected chi connectivity index (χ1v) is 9.58. The molecule has 1 heterocycles. The molecule has 1 atom stereocenters. The Morgan fingerprint density at radius 1 is 1.14 bits per heavy atom. The van der Waals surface area contributed by atoms with E-state index in [9.17, 15) is 4.57 Å². The summed E-state index contributed by atoms with van der Waals surface area (Å²) in [5, 5.41) is 0. The summed E-state index contributed by atoms with van der Waals surface area (Å²) in [6.07, 6.45) is 9.26. The molecule has 0 aromatic rings. The van der Waals surface area contributed by atoms with Gasteiger partial charge in [0.1, 0.15) is 12.7 Å². The lowest BCUT2D eigenvalue weighted by Gasteiger charge is -2.56. The largest absolute Gasteiger partial charge is 0.469 e. The Bertz CT molecular complexity index is 415. The van der Waals surface area contributed by atoms with Crippen molar-refractivity contribution in [3.8, 4) is 0 Å². The van der Waals surface area contributed by atoms with Crippen molar-refractivity contribution in [3.05, 3.63) is 12.7 Å². The van der Waals surface area contributed by atoms with Gasteiger partial charge in [0.25, 0.3) is 0 Å². The van der Waals surface area contributed by atoms with Crippen molar-refractivity contribution < 1.29 is 28.7 Å². The van der Waals surface area contributed by atoms with E-state index in [1.165, 1.54) is 31.8 Å². The van der Waals surface area contributed by atoms with Gasteiger partial charge in [-0.05, 0) is 61.7 Å². The van der Waals surface area contributed by atoms with Crippen molar-refractivity contribution in [2.75, 3.05) is 13.2 Å². The molecule has 5 rings (SSSR count). The summed E-state index contributed by atoms with van der Waals surface area (Å²) in [6, 6.07) is 0. The van der Waals surface area contributed by atoms with Crippen LogP contribution < -0.4 is 0 Å². The third-order valence-corrected chi connectivity index (χ3v) is 6.00. The topological polar surface area (TPSA) is 85.2 Å². The second-order valence-corrected chi connectivity index (χ2v) is 8.24. The predicted octanol–water partition coefficient (Wildman–Crippen LogP) is 2.67. The van der Waals surface area contributed by atoms with Crippen molar-refractivity contribution in [1.29, 1.82) is 0 Å². The number of phosphoric acid groups is 1. The molecule has 1 unspecified atom stereocenters. The van der Waals surface area contributed by atoms with Crippen LogP contribution in [0.5, 0.6) is 0 Å². The number of hydrogen-bond donors (Lipinski definition) is 2. The van der Waals surface area contributed by atoms with Crippen LogP contribution in [0.2, 0.25) is 0 Å². The average molecular weight is 332 g/mol. The Labute approximate surface area is 131 Å². The van der Waals surface area contributed by atoms with Crippen LogP contribution in [-0.4, -0.2) is 29.1 Å². The SMILES string of the molecule is C1C2CC3CC1CC(C2)C3C1COO1.C=CCOP(=O)(O)O. The van der Waals surface area contributed by atoms with Crippen molar-refractivity contribution >= 4 is 7.82 Å². The Balaban J connectivity index is 0.000000157. The quantitative estimate of drug-likeness (QED) is 0.468. The second kappa shape index (κ2) is 6.71. The molecule has 1 aliphatic heterocycles. The van der Waals surface area contributed by atoms with Crippen LogP contribution in [0.15, 0.2) is 12.7 Å². The van der Waals surface area contributed by atoms with E-state index < -0.39 is 7.82 Å². The van der Waals surface area contributed by atoms with Gasteiger partial charge in [0.2, 0.25) is 0 Å². The van der Waals surface area contributed by atoms with Gasteiger partial charge < -0.3 is 9.79 Å². The fourth-order valence-corrected chi connectivity index (χ4v) is 5.35. The summed E-state index contributed by atoms with van der Waals surface area (Å²) in [4.78, 5) is 26.1. The molecule has 0 radical (unpaired) electrons. The van der Waals surface area contributed by atoms with Gasteiger partial charge in [-0.25, -0.2) is 14.3 Å². The smallest absolute Gasteiger partial charge is 0.303 e. The van der Waals surface area contributed by atoms with Gasteiger partial charge in [-0.3, -0.25) is 4.52 Å². The summed E-state index contributed by atoms with van der Waals surface area (Å²) in [7, 11) is -4.25. The summed E-state index contributed by atoms with van der Waals surface area (Å²) < 4.78 is 13.7. The van der Waals surface area contributed by atoms with Gasteiger partial charge in [0.15, 0.2) is 0 Å². The molecular formula is C15H25O6P. The maximum absolute atomic E-state index is 9.81. The standard InChI is InChI=1S/C12H18O2.C3H7O4P/c1-7-2-9-4-8(1)5-10(3-7)12(9)11-6-13-14-11;1-2-3-7-8(4,5)6/h7-12H,1-6H2;2H,1,3H2,(H2,4,5,6). The van der Waals surface area contributed by atoms with Gasteiger partial charge in [-0.2, -0.15) is 0 Å². The van der Waals surface area contributed by atoms with E-state index in [-0.39, 0.29) is 6.61 Å². The molecule has 4 bridgehead atoms. The van der Waals surface area contributed by atoms with E-state index in [4.69, 9.17) is 19.6 Å². The molecule has 126 valence electrons. The van der Waals surface area contributed by atoms with Crippen molar-refractivity contribution in [1.82, 2.24) is 0 Å². The van der Waals surface area contributed by atoms with Crippen molar-refractivity contribution in [2.24, 2.45) is 29.6 Å². The van der Waals surface area contributed by atoms with Crippen molar-refractivity contribution in [2.45, 2.75) is 38.2 Å². The lowest BCUT2D eigenvalue weighted by Crippen LogP contribution is -2.53. The van der Waals surface area contributed by atoms with E-state index in [0.29, 0.717) is 6.10 Å². The zero-order valence-electron chi connectivity index (χ0n) is 12.7. The highest BCUT2D eigenvalue weighted by molar-refractivity contribution is 7.46. The van der Waals surface area contributed by atoms with Gasteiger partial charge in [-0.1, -0.05) is 6.08 Å². The molecule has 0 amide bonds. The highest BCUT2D eigenvalue weighted by atomic mass is 31.2. The van der Waals surface area contributed by atoms with E-state index in [0.717, 1.165) is 36.2 Å². The Morgan fingerprint density at radius 2 is 1.68 bits per heavy atom. The van der Waals surface area contributed by atoms with Crippen LogP contribution >= 0.6 is 7.82 Å². The molecule has 6 nitrogen and oxygen atoms in total. The molecule has 4 aliphatic carbocycles. The third-order valence-electron chi connectivity index (χ3n) is 5.51. The first-order chi connectivity index (χ1) is 10.5. The molecule has 0 aromatic heterocycles. The molecule has 0 spiro atoms. The maximum Gasteiger partial charge on any atom is 0.469 e. The van der Waals surface area contributed by atoms with Gasteiger partial charge in [0.05, 0.1) is 6.61 Å². The van der Waals surface area contributed by atoms with Crippen LogP contribution in [0.25, 0.3) is 0 Å². The van der Waals surface area contributed by atoms with E-state index in [1.807, 2.05) is 0 Å². The summed E-state index contributed by atoms with van der Waals surface area (Å²) in [5.41, 5.74) is 0. The van der Waals surface area contributed by atoms with Gasteiger partial charge >= 0.3 is 7.82 Å². The van der Waals surface area contributed by atoms with Crippen LogP contribution in [-0.2, 0) is 18.9 Å². The summed E-state index contributed by atoms with van der Waals surface area (Å²) >= 11 is 0. The highest BCUT2D eigenvalue weighted by Gasteiger charge is 2.52. The van der Waals surface area contributed by atoms with Crippen LogP contribution in [0, 0.1) is 29.6 Å². The molecule has 5 fully saturated rings. The summed E-state index contributed by atoms with van der Waals surface area (Å²) in [6.45, 7) is 3.94. The molecule has 0 aromatic carbocycles. The van der Waals surface area contributed by atoms with Crippen LogP contribution in [0.3, 0.4) is 0 Å². The molecule has 4 saturated carbocycles. The predicted molar refractivity (Wildman–Crippen MR) is 79.6 cm³/mol. The van der Waals surface area contributed by atoms with Crippen molar-refractivity contribution in [3.63, 3.8) is 0 Å². The minimum atomic E-state index is -4.25. The van der Waals surface area contributed by atoms with Crippen LogP contribution in [0.1, 0.15) is 32.1 Å². The average Bonchev–Trinajstić information content (AvgIpc) is 2.37. The first kappa shape index (κ1) is 16.6. The molecule has 5 aliphatic rings. The molecule has 7 heteroatoms. The molecular weight excluding hydrogens is 307 g/mol. The zero-order chi connectivity index (χ0) is 15.7. The van der Waals surface area contributed by atoms with E-state index in [2.05, 4.69) is 11.1 Å². The Hall–Kier alpha value is -0.230. The Morgan fingerprint density at radius 3 is 2.00 bits per heavy atom. The number of phosphoric ester groups is 1.